The highest BCUT2D eigenvalue weighted by Crippen LogP contribution is 2.53. The predicted octanol–water partition coefficient (Wildman–Crippen LogP) is 5.75. The maximum absolute atomic E-state index is 14.8. The first-order valence-corrected chi connectivity index (χ1v) is 14.4. The summed E-state index contributed by atoms with van der Waals surface area (Å²) in [5.74, 6) is -0.455. The average Bonchev–Trinajstić information content (AvgIpc) is 3.75. The lowest BCUT2D eigenvalue weighted by Gasteiger charge is -2.44. The van der Waals surface area contributed by atoms with Crippen LogP contribution in [0.1, 0.15) is 39.9 Å². The van der Waals surface area contributed by atoms with Crippen LogP contribution in [-0.4, -0.2) is 51.2 Å². The quantitative estimate of drug-likeness (QED) is 0.299. The molecule has 3 fully saturated rings. The molecule has 8 rings (SSSR count). The van der Waals surface area contributed by atoms with E-state index in [2.05, 4.69) is 20.6 Å². The lowest BCUT2D eigenvalue weighted by Crippen LogP contribution is -2.54. The van der Waals surface area contributed by atoms with Crippen molar-refractivity contribution < 1.29 is 13.6 Å². The van der Waals surface area contributed by atoms with Gasteiger partial charge in [-0.2, -0.15) is 0 Å². The minimum atomic E-state index is -0.707. The summed E-state index contributed by atoms with van der Waals surface area (Å²) in [6.45, 7) is 1.71. The molecule has 2 saturated heterocycles. The number of likely N-dealkylation sites (tertiary alicyclic amines) is 1. The van der Waals surface area contributed by atoms with E-state index in [1.165, 1.54) is 31.0 Å². The second kappa shape index (κ2) is 9.40. The number of fused-ring (bicyclic) bond motifs is 3. The molecule has 1 spiro atoms. The van der Waals surface area contributed by atoms with Gasteiger partial charge in [-0.15, -0.1) is 0 Å². The van der Waals surface area contributed by atoms with Gasteiger partial charge in [0.25, 0.3) is 5.91 Å². The number of carbonyl (C=O) groups excluding carboxylic acids is 1. The van der Waals surface area contributed by atoms with Crippen LogP contribution in [0.3, 0.4) is 0 Å². The normalized spacial score (nSPS) is 23.3. The van der Waals surface area contributed by atoms with E-state index in [9.17, 15) is 13.6 Å². The van der Waals surface area contributed by atoms with Crippen molar-refractivity contribution in [3.8, 4) is 11.3 Å². The highest BCUT2D eigenvalue weighted by atomic mass is 35.5. The fraction of sp³-hybridized carbons (Fsp3) is 0.250. The highest BCUT2D eigenvalue weighted by Gasteiger charge is 2.66. The van der Waals surface area contributed by atoms with Crippen molar-refractivity contribution in [3.05, 3.63) is 106 Å². The Hall–Kier alpha value is -4.21. The number of hydrogen-bond acceptors (Lipinski definition) is 6. The van der Waals surface area contributed by atoms with E-state index in [0.717, 1.165) is 18.8 Å². The highest BCUT2D eigenvalue weighted by molar-refractivity contribution is 6.31. The Bertz CT molecular complexity index is 1790. The molecule has 3 aliphatic heterocycles. The van der Waals surface area contributed by atoms with Crippen molar-refractivity contribution in [2.45, 2.75) is 31.0 Å². The van der Waals surface area contributed by atoms with Crippen molar-refractivity contribution >= 4 is 34.9 Å². The number of aromatic nitrogens is 2. The number of nitrogens with zero attached hydrogens (tertiary/aromatic N) is 4. The van der Waals surface area contributed by atoms with Gasteiger partial charge in [-0.1, -0.05) is 23.7 Å². The number of nitrogens with one attached hydrogen (secondary N) is 2. The Morgan fingerprint density at radius 2 is 1.86 bits per heavy atom. The van der Waals surface area contributed by atoms with Gasteiger partial charge in [0.1, 0.15) is 11.6 Å². The number of benzene rings is 3. The van der Waals surface area contributed by atoms with E-state index in [1.54, 1.807) is 24.4 Å². The molecule has 1 amide bonds. The van der Waals surface area contributed by atoms with E-state index >= 15 is 0 Å². The molecule has 0 radical (unpaired) electrons. The molecule has 4 heterocycles. The fourth-order valence-corrected chi connectivity index (χ4v) is 6.88. The number of hydrogen-bond donors (Lipinski definition) is 2. The summed E-state index contributed by atoms with van der Waals surface area (Å²) in [5.41, 5.74) is 4.08. The maximum atomic E-state index is 14.8. The smallest absolute Gasteiger partial charge is 0.253 e. The number of halogens is 3. The molecular formula is C32H25ClF2N6O. The van der Waals surface area contributed by atoms with Crippen LogP contribution in [0.2, 0.25) is 5.02 Å². The van der Waals surface area contributed by atoms with Gasteiger partial charge in [-0.05, 0) is 67.3 Å². The van der Waals surface area contributed by atoms with Crippen LogP contribution in [0.5, 0.6) is 0 Å². The number of piperidine rings is 1. The second-order valence-electron chi connectivity index (χ2n) is 11.4. The molecule has 10 heteroatoms. The average molecular weight is 583 g/mol. The summed E-state index contributed by atoms with van der Waals surface area (Å²) in [7, 11) is 0. The van der Waals surface area contributed by atoms with Crippen LogP contribution in [0, 0.1) is 17.6 Å². The molecule has 1 saturated carbocycles. The monoisotopic (exact) mass is 582 g/mol. The van der Waals surface area contributed by atoms with Gasteiger partial charge in [-0.3, -0.25) is 9.79 Å². The first kappa shape index (κ1) is 25.5. The molecule has 2 N–H and O–H groups in total. The first-order chi connectivity index (χ1) is 20.4. The Kier molecular flexibility index (Phi) is 5.71. The minimum Gasteiger partial charge on any atom is -0.337 e. The van der Waals surface area contributed by atoms with Crippen LogP contribution in [-0.2, 0) is 6.54 Å². The molecule has 0 bridgehead atoms. The molecular weight excluding hydrogens is 558 g/mol. The van der Waals surface area contributed by atoms with Crippen LogP contribution < -0.4 is 10.6 Å². The summed E-state index contributed by atoms with van der Waals surface area (Å²) in [6, 6.07) is 16.6. The minimum absolute atomic E-state index is 0.0504. The number of anilines is 2. The summed E-state index contributed by atoms with van der Waals surface area (Å²) >= 11 is 6.32. The van der Waals surface area contributed by atoms with E-state index in [4.69, 9.17) is 16.6 Å². The summed E-state index contributed by atoms with van der Waals surface area (Å²) in [5, 5.41) is 7.23. The third-order valence-electron chi connectivity index (χ3n) is 9.10. The Balaban J connectivity index is 1.06. The van der Waals surface area contributed by atoms with Gasteiger partial charge in [0.2, 0.25) is 5.95 Å². The molecule has 1 aliphatic carbocycles. The van der Waals surface area contributed by atoms with Gasteiger partial charge < -0.3 is 15.5 Å². The van der Waals surface area contributed by atoms with Crippen molar-refractivity contribution in [1.29, 1.82) is 0 Å². The number of amides is 1. The molecule has 3 aromatic carbocycles. The standard InChI is InChI=1S/C32H25ClF2N6O/c33-20-6-9-22-23(12-20)29(27-24(34)2-1-3-25(27)35)36-13-18-14-37-31(39-28(18)22)38-21-7-4-17(5-8-21)30(42)41-15-19-10-11-32(19)26(16-41)40-32/h1-9,12,14,19,26,40H,10-11,13,15-16H2,(H,37,38,39). The Morgan fingerprint density at radius 3 is 2.60 bits per heavy atom. The molecule has 7 nitrogen and oxygen atoms in total. The summed E-state index contributed by atoms with van der Waals surface area (Å²) in [4.78, 5) is 29.0. The van der Waals surface area contributed by atoms with E-state index in [1.807, 2.05) is 29.2 Å². The van der Waals surface area contributed by atoms with Gasteiger partial charge in [0.15, 0.2) is 0 Å². The number of aliphatic imine (C=N–C) groups is 1. The number of rotatable bonds is 4. The zero-order valence-corrected chi connectivity index (χ0v) is 23.1. The molecule has 210 valence electrons. The zero-order valence-electron chi connectivity index (χ0n) is 22.4. The lowest BCUT2D eigenvalue weighted by atomic mass is 9.68. The lowest BCUT2D eigenvalue weighted by molar-refractivity contribution is 0.0555. The third kappa shape index (κ3) is 4.02. The summed E-state index contributed by atoms with van der Waals surface area (Å²) < 4.78 is 29.6. The SMILES string of the molecule is O=C(c1ccc(Nc2ncc3c(n2)-c2ccc(Cl)cc2C(c2c(F)cccc2F)=NC3)cc1)N1CC2CCC23NC3C1. The van der Waals surface area contributed by atoms with Gasteiger partial charge in [-0.25, -0.2) is 18.7 Å². The fourth-order valence-electron chi connectivity index (χ4n) is 6.71. The van der Waals surface area contributed by atoms with Crippen molar-refractivity contribution in [2.24, 2.45) is 10.9 Å². The van der Waals surface area contributed by atoms with Gasteiger partial charge >= 0.3 is 0 Å². The Morgan fingerprint density at radius 1 is 1.05 bits per heavy atom. The van der Waals surface area contributed by atoms with Crippen molar-refractivity contribution in [3.63, 3.8) is 0 Å². The van der Waals surface area contributed by atoms with Crippen LogP contribution in [0.25, 0.3) is 11.3 Å². The van der Waals surface area contributed by atoms with Crippen LogP contribution in [0.4, 0.5) is 20.4 Å². The Labute approximate surface area is 245 Å². The second-order valence-corrected chi connectivity index (χ2v) is 11.8. The van der Waals surface area contributed by atoms with Gasteiger partial charge in [0, 0.05) is 63.8 Å². The van der Waals surface area contributed by atoms with E-state index in [-0.39, 0.29) is 23.7 Å². The van der Waals surface area contributed by atoms with Crippen molar-refractivity contribution in [1.82, 2.24) is 20.2 Å². The third-order valence-corrected chi connectivity index (χ3v) is 9.33. The zero-order chi connectivity index (χ0) is 28.6. The molecule has 4 aliphatic rings. The molecule has 3 unspecified atom stereocenters. The molecule has 1 aromatic heterocycles. The topological polar surface area (TPSA) is 92.4 Å². The first-order valence-electron chi connectivity index (χ1n) is 14.0. The molecule has 42 heavy (non-hydrogen) atoms. The predicted molar refractivity (Wildman–Crippen MR) is 156 cm³/mol. The largest absolute Gasteiger partial charge is 0.337 e. The van der Waals surface area contributed by atoms with Crippen LogP contribution in [0.15, 0.2) is 71.9 Å². The summed E-state index contributed by atoms with van der Waals surface area (Å²) in [6.07, 6.45) is 4.07. The molecule has 3 atom stereocenters. The van der Waals surface area contributed by atoms with Crippen molar-refractivity contribution in [2.75, 3.05) is 18.4 Å². The maximum Gasteiger partial charge on any atom is 0.253 e. The number of carbonyl (C=O) groups is 1. The van der Waals surface area contributed by atoms with Gasteiger partial charge in [0.05, 0.1) is 23.5 Å². The van der Waals surface area contributed by atoms with E-state index < -0.39 is 11.6 Å². The van der Waals surface area contributed by atoms with E-state index in [0.29, 0.717) is 56.4 Å². The van der Waals surface area contributed by atoms with Crippen LogP contribution >= 0.6 is 11.6 Å². The molecule has 4 aromatic rings.